The second-order valence-corrected chi connectivity index (χ2v) is 4.26. The van der Waals surface area contributed by atoms with Gasteiger partial charge in [-0.15, -0.1) is 0 Å². The van der Waals surface area contributed by atoms with E-state index in [-0.39, 0.29) is 0 Å². The van der Waals surface area contributed by atoms with Gasteiger partial charge in [0.2, 0.25) is 0 Å². The first-order valence-electron chi connectivity index (χ1n) is 6.29. The Kier molecular flexibility index (Phi) is 6.07. The minimum absolute atomic E-state index is 0.796. The smallest absolute Gasteiger partial charge is 0.0638 e. The van der Waals surface area contributed by atoms with Crippen LogP contribution in [0, 0.1) is 0 Å². The number of rotatable bonds is 6. The maximum absolute atomic E-state index is 5.72. The SMILES string of the molecule is C=C/C=C(\C=C/N)C(/C(=C)C)=C(/NN)c1ccccc1. The van der Waals surface area contributed by atoms with Gasteiger partial charge >= 0.3 is 0 Å². The van der Waals surface area contributed by atoms with Gasteiger partial charge in [-0.2, -0.15) is 0 Å². The van der Waals surface area contributed by atoms with Crippen molar-refractivity contribution in [3.05, 3.63) is 90.2 Å². The van der Waals surface area contributed by atoms with E-state index in [2.05, 4.69) is 18.6 Å². The van der Waals surface area contributed by atoms with Crippen molar-refractivity contribution in [1.29, 1.82) is 0 Å². The molecule has 3 nitrogen and oxygen atoms in total. The summed E-state index contributed by atoms with van der Waals surface area (Å²) in [6.45, 7) is 9.69. The number of nitrogens with one attached hydrogen (secondary N) is 1. The highest BCUT2D eigenvalue weighted by molar-refractivity contribution is 5.76. The average Bonchev–Trinajstić information content (AvgIpc) is 2.45. The molecule has 0 aliphatic carbocycles. The van der Waals surface area contributed by atoms with Crippen LogP contribution in [-0.2, 0) is 0 Å². The predicted octanol–water partition coefficient (Wildman–Crippen LogP) is 3.02. The van der Waals surface area contributed by atoms with Crippen LogP contribution < -0.4 is 17.0 Å². The molecule has 5 N–H and O–H groups in total. The Morgan fingerprint density at radius 1 is 1.25 bits per heavy atom. The van der Waals surface area contributed by atoms with Crippen molar-refractivity contribution >= 4 is 5.70 Å². The molecule has 0 amide bonds. The molecule has 1 rings (SSSR count). The summed E-state index contributed by atoms with van der Waals surface area (Å²) in [6, 6.07) is 9.83. The first-order valence-corrected chi connectivity index (χ1v) is 6.29. The van der Waals surface area contributed by atoms with E-state index in [1.807, 2.05) is 43.3 Å². The van der Waals surface area contributed by atoms with Crippen LogP contribution in [0.4, 0.5) is 0 Å². The summed E-state index contributed by atoms with van der Waals surface area (Å²) in [5, 5.41) is 0. The Morgan fingerprint density at radius 2 is 1.90 bits per heavy atom. The van der Waals surface area contributed by atoms with E-state index in [9.17, 15) is 0 Å². The summed E-state index contributed by atoms with van der Waals surface area (Å²) in [5.74, 6) is 5.72. The molecule has 1 aromatic carbocycles. The summed E-state index contributed by atoms with van der Waals surface area (Å²) in [5.41, 5.74) is 12.7. The number of benzene rings is 1. The summed E-state index contributed by atoms with van der Waals surface area (Å²) in [6.07, 6.45) is 6.86. The van der Waals surface area contributed by atoms with Crippen LogP contribution in [0.25, 0.3) is 5.70 Å². The summed E-state index contributed by atoms with van der Waals surface area (Å²) in [4.78, 5) is 0. The third-order valence-electron chi connectivity index (χ3n) is 2.75. The molecule has 0 radical (unpaired) electrons. The van der Waals surface area contributed by atoms with Crippen molar-refractivity contribution in [2.24, 2.45) is 11.6 Å². The lowest BCUT2D eigenvalue weighted by Crippen LogP contribution is -2.22. The number of hydrogen-bond donors (Lipinski definition) is 3. The lowest BCUT2D eigenvalue weighted by Gasteiger charge is -2.16. The minimum Gasteiger partial charge on any atom is -0.405 e. The Labute approximate surface area is 120 Å². The van der Waals surface area contributed by atoms with E-state index < -0.39 is 0 Å². The third kappa shape index (κ3) is 3.73. The lowest BCUT2D eigenvalue weighted by atomic mass is 9.94. The monoisotopic (exact) mass is 267 g/mol. The minimum atomic E-state index is 0.796. The molecule has 0 saturated carbocycles. The van der Waals surface area contributed by atoms with Crippen molar-refractivity contribution in [3.8, 4) is 0 Å². The highest BCUT2D eigenvalue weighted by Gasteiger charge is 2.12. The normalized spacial score (nSPS) is 13.0. The molecule has 3 heteroatoms. The van der Waals surface area contributed by atoms with Gasteiger partial charge in [0.25, 0.3) is 0 Å². The molecule has 0 bridgehead atoms. The van der Waals surface area contributed by atoms with Crippen molar-refractivity contribution < 1.29 is 0 Å². The molecular formula is C17H21N3. The first kappa shape index (κ1) is 15.5. The van der Waals surface area contributed by atoms with Gasteiger partial charge < -0.3 is 11.2 Å². The molecule has 0 fully saturated rings. The first-order chi connectivity index (χ1) is 9.65. The van der Waals surface area contributed by atoms with Gasteiger partial charge in [-0.05, 0) is 35.9 Å². The third-order valence-corrected chi connectivity index (χ3v) is 2.75. The van der Waals surface area contributed by atoms with E-state index >= 15 is 0 Å². The Bertz CT molecular complexity index is 563. The molecule has 104 valence electrons. The molecular weight excluding hydrogens is 246 g/mol. The fourth-order valence-corrected chi connectivity index (χ4v) is 1.96. The van der Waals surface area contributed by atoms with Gasteiger partial charge in [-0.1, -0.05) is 55.6 Å². The summed E-state index contributed by atoms with van der Waals surface area (Å²) < 4.78 is 0. The van der Waals surface area contributed by atoms with E-state index in [0.29, 0.717) is 0 Å². The molecule has 0 aliphatic rings. The van der Waals surface area contributed by atoms with E-state index in [4.69, 9.17) is 11.6 Å². The Morgan fingerprint density at radius 3 is 2.35 bits per heavy atom. The van der Waals surface area contributed by atoms with Crippen molar-refractivity contribution in [3.63, 3.8) is 0 Å². The highest BCUT2D eigenvalue weighted by atomic mass is 15.2. The van der Waals surface area contributed by atoms with Crippen LogP contribution in [-0.4, -0.2) is 0 Å². The average molecular weight is 267 g/mol. The number of hydrogen-bond acceptors (Lipinski definition) is 3. The topological polar surface area (TPSA) is 64.1 Å². The molecule has 0 saturated heterocycles. The van der Waals surface area contributed by atoms with Gasteiger partial charge in [0, 0.05) is 5.57 Å². The number of allylic oxidation sites excluding steroid dienone is 6. The molecule has 0 unspecified atom stereocenters. The zero-order chi connectivity index (χ0) is 15.0. The van der Waals surface area contributed by atoms with E-state index in [1.165, 1.54) is 6.20 Å². The van der Waals surface area contributed by atoms with Gasteiger partial charge in [0.1, 0.15) is 0 Å². The second-order valence-electron chi connectivity index (χ2n) is 4.26. The van der Waals surface area contributed by atoms with Gasteiger partial charge in [-0.25, -0.2) is 0 Å². The molecule has 20 heavy (non-hydrogen) atoms. The number of hydrazine groups is 1. The molecule has 0 aliphatic heterocycles. The van der Waals surface area contributed by atoms with E-state index in [0.717, 1.165) is 28.0 Å². The van der Waals surface area contributed by atoms with Crippen LogP contribution in [0.5, 0.6) is 0 Å². The van der Waals surface area contributed by atoms with Crippen LogP contribution in [0.2, 0.25) is 0 Å². The van der Waals surface area contributed by atoms with Crippen LogP contribution >= 0.6 is 0 Å². The molecule has 0 spiro atoms. The molecule has 0 atom stereocenters. The molecule has 0 aromatic heterocycles. The Balaban J connectivity index is 3.56. The van der Waals surface area contributed by atoms with Crippen LogP contribution in [0.1, 0.15) is 12.5 Å². The largest absolute Gasteiger partial charge is 0.405 e. The van der Waals surface area contributed by atoms with E-state index in [1.54, 1.807) is 12.2 Å². The summed E-state index contributed by atoms with van der Waals surface area (Å²) >= 11 is 0. The van der Waals surface area contributed by atoms with Gasteiger partial charge in [0.05, 0.1) is 5.70 Å². The number of nitrogens with two attached hydrogens (primary N) is 2. The van der Waals surface area contributed by atoms with Crippen molar-refractivity contribution in [2.45, 2.75) is 6.92 Å². The lowest BCUT2D eigenvalue weighted by molar-refractivity contribution is 0.981. The quantitative estimate of drug-likeness (QED) is 0.422. The van der Waals surface area contributed by atoms with Gasteiger partial charge in [0.15, 0.2) is 0 Å². The van der Waals surface area contributed by atoms with Gasteiger partial charge in [-0.3, -0.25) is 5.84 Å². The Hall–Kier alpha value is -2.52. The maximum Gasteiger partial charge on any atom is 0.0638 e. The fourth-order valence-electron chi connectivity index (χ4n) is 1.96. The fraction of sp³-hybridized carbons (Fsp3) is 0.0588. The molecule has 1 aromatic rings. The van der Waals surface area contributed by atoms with Crippen molar-refractivity contribution in [2.75, 3.05) is 0 Å². The predicted molar refractivity (Wildman–Crippen MR) is 87.1 cm³/mol. The summed E-state index contributed by atoms with van der Waals surface area (Å²) in [7, 11) is 0. The standard InChI is InChI=1S/C17H21N3/c1-4-8-14(11-12-18)16(13(2)3)17(20-19)15-9-6-5-7-10-15/h4-12,20H,1-2,18-19H2,3H3/b12-11-,14-8+,17-16+. The maximum atomic E-state index is 5.72. The molecule has 0 heterocycles. The van der Waals surface area contributed by atoms with Crippen LogP contribution in [0.15, 0.2) is 84.6 Å². The second kappa shape index (κ2) is 7.81. The zero-order valence-corrected chi connectivity index (χ0v) is 11.8. The van der Waals surface area contributed by atoms with Crippen molar-refractivity contribution in [1.82, 2.24) is 5.43 Å². The van der Waals surface area contributed by atoms with Crippen LogP contribution in [0.3, 0.4) is 0 Å². The highest BCUT2D eigenvalue weighted by Crippen LogP contribution is 2.27. The zero-order valence-electron chi connectivity index (χ0n) is 11.8.